The van der Waals surface area contributed by atoms with Gasteiger partial charge in [-0.25, -0.2) is 8.78 Å². The van der Waals surface area contributed by atoms with Gasteiger partial charge in [-0.05, 0) is 29.7 Å². The highest BCUT2D eigenvalue weighted by atomic mass is 79.9. The summed E-state index contributed by atoms with van der Waals surface area (Å²) in [5.74, 6) is 0. The Morgan fingerprint density at radius 2 is 2.15 bits per heavy atom. The van der Waals surface area contributed by atoms with Crippen molar-refractivity contribution in [2.45, 2.75) is 6.43 Å². The summed E-state index contributed by atoms with van der Waals surface area (Å²) >= 11 is 4.33. The number of hydrogen-bond donors (Lipinski definition) is 0. The minimum absolute atomic E-state index is 0.124. The van der Waals surface area contributed by atoms with E-state index in [1.807, 2.05) is 6.07 Å². The number of aromatic nitrogens is 1. The van der Waals surface area contributed by atoms with E-state index < -0.39 is 6.43 Å². The summed E-state index contributed by atoms with van der Waals surface area (Å²) < 4.78 is 30.1. The third kappa shape index (κ3) is 1.58. The Balaban J connectivity index is 2.71. The smallest absolute Gasteiger partial charge is 0.203 e. The number of hydrogen-bond acceptors (Lipinski definition) is 2. The Kier molecular flexibility index (Phi) is 2.29. The van der Waals surface area contributed by atoms with Crippen LogP contribution in [0.3, 0.4) is 0 Å². The Labute approximate surface area is 85.7 Å². The molecule has 1 heterocycles. The Hall–Kier alpha value is -0.550. The molecule has 0 fully saturated rings. The second kappa shape index (κ2) is 3.31. The van der Waals surface area contributed by atoms with Gasteiger partial charge in [0.1, 0.15) is 5.69 Å². The zero-order valence-electron chi connectivity index (χ0n) is 6.30. The topological polar surface area (TPSA) is 12.9 Å². The van der Waals surface area contributed by atoms with Crippen LogP contribution in [0.25, 0.3) is 10.1 Å². The highest BCUT2D eigenvalue weighted by Crippen LogP contribution is 2.31. The molecule has 0 unspecified atom stereocenters. The summed E-state index contributed by atoms with van der Waals surface area (Å²) in [6, 6.07) is 5.26. The second-order valence-corrected chi connectivity index (χ2v) is 4.23. The van der Waals surface area contributed by atoms with E-state index in [2.05, 4.69) is 20.3 Å². The van der Waals surface area contributed by atoms with Crippen molar-refractivity contribution in [1.82, 2.24) is 4.37 Å². The summed E-state index contributed by atoms with van der Waals surface area (Å²) in [6.07, 6.45) is -2.50. The summed E-state index contributed by atoms with van der Waals surface area (Å²) in [6.45, 7) is 0. The van der Waals surface area contributed by atoms with Gasteiger partial charge in [0.15, 0.2) is 0 Å². The average Bonchev–Trinajstić information content (AvgIpc) is 2.46. The van der Waals surface area contributed by atoms with E-state index in [1.165, 1.54) is 0 Å². The van der Waals surface area contributed by atoms with E-state index in [4.69, 9.17) is 0 Å². The van der Waals surface area contributed by atoms with Crippen LogP contribution >= 0.6 is 27.5 Å². The number of alkyl halides is 2. The third-order valence-electron chi connectivity index (χ3n) is 1.67. The second-order valence-electron chi connectivity index (χ2n) is 2.51. The zero-order valence-corrected chi connectivity index (χ0v) is 8.70. The molecule has 0 atom stereocenters. The molecule has 0 amide bonds. The molecule has 0 spiro atoms. The summed E-state index contributed by atoms with van der Waals surface area (Å²) in [5.41, 5.74) is -0.124. The highest BCUT2D eigenvalue weighted by molar-refractivity contribution is 9.10. The van der Waals surface area contributed by atoms with Crippen molar-refractivity contribution in [3.8, 4) is 0 Å². The van der Waals surface area contributed by atoms with E-state index in [-0.39, 0.29) is 5.69 Å². The molecule has 2 rings (SSSR count). The summed E-state index contributed by atoms with van der Waals surface area (Å²) in [4.78, 5) is 0. The molecule has 0 aliphatic heterocycles. The largest absolute Gasteiger partial charge is 0.282 e. The van der Waals surface area contributed by atoms with Crippen molar-refractivity contribution >= 4 is 37.5 Å². The molecule has 2 aromatic rings. The van der Waals surface area contributed by atoms with Gasteiger partial charge in [0.2, 0.25) is 0 Å². The molecule has 5 heteroatoms. The van der Waals surface area contributed by atoms with Crippen molar-refractivity contribution in [2.75, 3.05) is 0 Å². The van der Waals surface area contributed by atoms with E-state index in [1.54, 1.807) is 12.1 Å². The SMILES string of the molecule is FC(F)c1nsc2ccc(Br)cc12. The lowest BCUT2D eigenvalue weighted by molar-refractivity contribution is 0.149. The van der Waals surface area contributed by atoms with Crippen LogP contribution in [0.2, 0.25) is 0 Å². The van der Waals surface area contributed by atoms with Gasteiger partial charge >= 0.3 is 0 Å². The lowest BCUT2D eigenvalue weighted by atomic mass is 10.2. The predicted octanol–water partition coefficient (Wildman–Crippen LogP) is 4.00. The van der Waals surface area contributed by atoms with Crippen LogP contribution in [-0.4, -0.2) is 4.37 Å². The van der Waals surface area contributed by atoms with Crippen molar-refractivity contribution in [2.24, 2.45) is 0 Å². The first kappa shape index (κ1) is 9.02. The lowest BCUT2D eigenvalue weighted by Crippen LogP contribution is -1.82. The highest BCUT2D eigenvalue weighted by Gasteiger charge is 2.15. The van der Waals surface area contributed by atoms with Crippen LogP contribution in [0.5, 0.6) is 0 Å². The first-order valence-corrected chi connectivity index (χ1v) is 5.08. The van der Waals surface area contributed by atoms with Crippen LogP contribution < -0.4 is 0 Å². The Morgan fingerprint density at radius 3 is 2.85 bits per heavy atom. The first-order chi connectivity index (χ1) is 6.18. The van der Waals surface area contributed by atoms with Crippen LogP contribution in [0, 0.1) is 0 Å². The van der Waals surface area contributed by atoms with Crippen molar-refractivity contribution in [3.63, 3.8) is 0 Å². The summed E-state index contributed by atoms with van der Waals surface area (Å²) in [5, 5.41) is 0.536. The monoisotopic (exact) mass is 263 g/mol. The van der Waals surface area contributed by atoms with E-state index >= 15 is 0 Å². The van der Waals surface area contributed by atoms with Crippen LogP contribution in [0.15, 0.2) is 22.7 Å². The molecular formula is C8H4BrF2NS. The van der Waals surface area contributed by atoms with Gasteiger partial charge < -0.3 is 0 Å². The number of fused-ring (bicyclic) bond motifs is 1. The molecule has 0 aliphatic carbocycles. The number of rotatable bonds is 1. The molecule has 1 nitrogen and oxygen atoms in total. The number of benzene rings is 1. The molecule has 68 valence electrons. The van der Waals surface area contributed by atoms with Gasteiger partial charge in [-0.15, -0.1) is 0 Å². The maximum atomic E-state index is 12.4. The van der Waals surface area contributed by atoms with Crippen molar-refractivity contribution in [1.29, 1.82) is 0 Å². The zero-order chi connectivity index (χ0) is 9.42. The minimum Gasteiger partial charge on any atom is -0.203 e. The van der Waals surface area contributed by atoms with E-state index in [9.17, 15) is 8.78 Å². The van der Waals surface area contributed by atoms with Gasteiger partial charge in [0.05, 0.1) is 4.70 Å². The van der Waals surface area contributed by atoms with Crippen molar-refractivity contribution in [3.05, 3.63) is 28.4 Å². The van der Waals surface area contributed by atoms with Crippen LogP contribution in [-0.2, 0) is 0 Å². The van der Waals surface area contributed by atoms with Crippen molar-refractivity contribution < 1.29 is 8.78 Å². The maximum absolute atomic E-state index is 12.4. The molecule has 0 saturated carbocycles. The number of nitrogens with zero attached hydrogens (tertiary/aromatic N) is 1. The first-order valence-electron chi connectivity index (χ1n) is 3.51. The standard InChI is InChI=1S/C8H4BrF2NS/c9-4-1-2-6-5(3-4)7(8(10)11)12-13-6/h1-3,8H. The molecule has 0 N–H and O–H groups in total. The van der Waals surface area contributed by atoms with Gasteiger partial charge in [-0.3, -0.25) is 0 Å². The minimum atomic E-state index is -2.50. The van der Waals surface area contributed by atoms with E-state index in [0.717, 1.165) is 20.7 Å². The van der Waals surface area contributed by atoms with Gasteiger partial charge in [0, 0.05) is 9.86 Å². The average molecular weight is 264 g/mol. The molecular weight excluding hydrogens is 260 g/mol. The lowest BCUT2D eigenvalue weighted by Gasteiger charge is -1.94. The van der Waals surface area contributed by atoms with Crippen LogP contribution in [0.4, 0.5) is 8.78 Å². The Bertz CT molecular complexity index is 441. The molecule has 0 aliphatic rings. The predicted molar refractivity (Wildman–Crippen MR) is 52.3 cm³/mol. The third-order valence-corrected chi connectivity index (χ3v) is 3.00. The summed E-state index contributed by atoms with van der Waals surface area (Å²) in [7, 11) is 0. The fourth-order valence-electron chi connectivity index (χ4n) is 1.09. The molecule has 13 heavy (non-hydrogen) atoms. The number of halogens is 3. The fraction of sp³-hybridized carbons (Fsp3) is 0.125. The molecule has 0 radical (unpaired) electrons. The molecule has 0 saturated heterocycles. The van der Waals surface area contributed by atoms with Gasteiger partial charge in [-0.2, -0.15) is 4.37 Å². The normalized spacial score (nSPS) is 11.4. The van der Waals surface area contributed by atoms with Gasteiger partial charge in [-0.1, -0.05) is 15.9 Å². The molecule has 0 bridgehead atoms. The molecule has 1 aromatic heterocycles. The Morgan fingerprint density at radius 1 is 1.38 bits per heavy atom. The molecule has 1 aromatic carbocycles. The van der Waals surface area contributed by atoms with Crippen LogP contribution in [0.1, 0.15) is 12.1 Å². The quantitative estimate of drug-likeness (QED) is 0.758. The fourth-order valence-corrected chi connectivity index (χ4v) is 2.21. The maximum Gasteiger partial charge on any atom is 0.282 e. The van der Waals surface area contributed by atoms with Gasteiger partial charge in [0.25, 0.3) is 6.43 Å². The van der Waals surface area contributed by atoms with E-state index in [0.29, 0.717) is 5.39 Å².